The van der Waals surface area contributed by atoms with E-state index in [-0.39, 0.29) is 5.92 Å². The van der Waals surface area contributed by atoms with Gasteiger partial charge >= 0.3 is 0 Å². The third-order valence-corrected chi connectivity index (χ3v) is 11.9. The van der Waals surface area contributed by atoms with Gasteiger partial charge in [0.15, 0.2) is 17.5 Å². The Hall–Kier alpha value is -7.75. The molecule has 0 aliphatic heterocycles. The standard InChI is InChI=1S/C59H45N3/c1-3-5-19-40(4-2)47-32-49(50-33-48(41-20-10-6-11-21-41)35-51(36-50)53-29-18-28-45-38-56(45)53)37-52(34-47)54-31-30-46(39-55(54)42-22-12-7-13-23-42)59-61-57(43-24-14-8-15-25-43)60-58(62-59)44-26-16-9-17-27-44/h3-18,20-40,45H,2,19H2,1H3/b5-3-/t40?,45-/m1/s1. The molecule has 0 bridgehead atoms. The molecular formula is C59H45N3. The minimum atomic E-state index is 0.128. The van der Waals surface area contributed by atoms with Crippen LogP contribution in [0.2, 0.25) is 0 Å². The van der Waals surface area contributed by atoms with E-state index in [1.54, 1.807) is 0 Å². The van der Waals surface area contributed by atoms with Crippen molar-refractivity contribution in [2.75, 3.05) is 0 Å². The van der Waals surface area contributed by atoms with Crippen LogP contribution in [0.3, 0.4) is 0 Å². The molecule has 0 fully saturated rings. The highest BCUT2D eigenvalue weighted by Gasteiger charge is 2.28. The third-order valence-electron chi connectivity index (χ3n) is 11.9. The van der Waals surface area contributed by atoms with Crippen molar-refractivity contribution in [2.45, 2.75) is 19.3 Å². The second-order valence-corrected chi connectivity index (χ2v) is 15.9. The summed E-state index contributed by atoms with van der Waals surface area (Å²) in [5.41, 5.74) is 17.2. The van der Waals surface area contributed by atoms with Crippen molar-refractivity contribution in [1.29, 1.82) is 0 Å². The summed E-state index contributed by atoms with van der Waals surface area (Å²) in [6.07, 6.45) is 16.4. The number of allylic oxidation sites excluding steroid dienone is 9. The maximum atomic E-state index is 5.10. The molecule has 7 aromatic carbocycles. The molecule has 0 radical (unpaired) electrons. The van der Waals surface area contributed by atoms with Gasteiger partial charge in [-0.05, 0) is 110 Å². The molecule has 2 aliphatic carbocycles. The average molecular weight is 796 g/mol. The number of hydrogen-bond acceptors (Lipinski definition) is 3. The smallest absolute Gasteiger partial charge is 0.164 e. The number of aromatic nitrogens is 3. The molecule has 1 aromatic heterocycles. The van der Waals surface area contributed by atoms with Crippen LogP contribution in [0.4, 0.5) is 0 Å². The third kappa shape index (κ3) is 7.97. The van der Waals surface area contributed by atoms with Crippen LogP contribution in [0.15, 0.2) is 231 Å². The van der Waals surface area contributed by atoms with Gasteiger partial charge in [-0.25, -0.2) is 15.0 Å². The molecule has 1 unspecified atom stereocenters. The Balaban J connectivity index is 1.17. The molecule has 62 heavy (non-hydrogen) atoms. The van der Waals surface area contributed by atoms with E-state index >= 15 is 0 Å². The zero-order chi connectivity index (χ0) is 41.8. The molecular weight excluding hydrogens is 751 g/mol. The van der Waals surface area contributed by atoms with Crippen LogP contribution >= 0.6 is 0 Å². The van der Waals surface area contributed by atoms with E-state index in [2.05, 4.69) is 171 Å². The Labute approximate surface area is 364 Å². The maximum absolute atomic E-state index is 5.10. The number of benzene rings is 7. The summed E-state index contributed by atoms with van der Waals surface area (Å²) in [5.74, 6) is 2.47. The van der Waals surface area contributed by atoms with Gasteiger partial charge in [-0.2, -0.15) is 0 Å². The summed E-state index contributed by atoms with van der Waals surface area (Å²) in [6, 6.07) is 62.5. The van der Waals surface area contributed by atoms with Crippen LogP contribution in [0, 0.1) is 5.92 Å². The highest BCUT2D eigenvalue weighted by atomic mass is 15.0. The Morgan fingerprint density at radius 1 is 0.500 bits per heavy atom. The number of fused-ring (bicyclic) bond motifs is 1. The topological polar surface area (TPSA) is 38.7 Å². The Kier molecular flexibility index (Phi) is 10.6. The quantitative estimate of drug-likeness (QED) is 0.116. The molecule has 8 aromatic rings. The lowest BCUT2D eigenvalue weighted by Crippen LogP contribution is -2.01. The number of nitrogens with zero attached hydrogens (tertiary/aromatic N) is 3. The maximum Gasteiger partial charge on any atom is 0.164 e. The van der Waals surface area contributed by atoms with Crippen molar-refractivity contribution in [3.63, 3.8) is 0 Å². The van der Waals surface area contributed by atoms with Crippen LogP contribution in [0.1, 0.15) is 30.4 Å². The van der Waals surface area contributed by atoms with Gasteiger partial charge in [0, 0.05) is 28.5 Å². The summed E-state index contributed by atoms with van der Waals surface area (Å²) in [6.45, 7) is 6.42. The van der Waals surface area contributed by atoms with E-state index in [9.17, 15) is 0 Å². The van der Waals surface area contributed by atoms with Crippen LogP contribution in [0.25, 0.3) is 84.2 Å². The molecule has 1 heterocycles. The molecule has 10 rings (SSSR count). The molecule has 3 nitrogen and oxygen atoms in total. The van der Waals surface area contributed by atoms with Crippen LogP contribution in [-0.4, -0.2) is 15.0 Å². The molecule has 0 saturated carbocycles. The number of rotatable bonds is 12. The molecule has 3 heteroatoms. The fourth-order valence-electron chi connectivity index (χ4n) is 8.52. The van der Waals surface area contributed by atoms with Gasteiger partial charge in [0.2, 0.25) is 0 Å². The van der Waals surface area contributed by atoms with Crippen LogP contribution in [-0.2, 0) is 0 Å². The Bertz CT molecular complexity index is 2990. The lowest BCUT2D eigenvalue weighted by molar-refractivity contribution is 0.866. The fourth-order valence-corrected chi connectivity index (χ4v) is 8.52. The monoisotopic (exact) mass is 795 g/mol. The van der Waals surface area contributed by atoms with E-state index in [1.807, 2.05) is 60.7 Å². The lowest BCUT2D eigenvalue weighted by Gasteiger charge is -2.19. The first-order valence-electron chi connectivity index (χ1n) is 21.4. The first-order valence-corrected chi connectivity index (χ1v) is 21.4. The van der Waals surface area contributed by atoms with E-state index in [4.69, 9.17) is 15.0 Å². The lowest BCUT2D eigenvalue weighted by atomic mass is 9.85. The molecule has 2 aliphatic rings. The zero-order valence-electron chi connectivity index (χ0n) is 34.7. The normalized spacial score (nSPS) is 14.5. The molecule has 2 atom stereocenters. The largest absolute Gasteiger partial charge is 0.208 e. The molecule has 0 N–H and O–H groups in total. The predicted molar refractivity (Wildman–Crippen MR) is 259 cm³/mol. The van der Waals surface area contributed by atoms with Gasteiger partial charge in [-0.1, -0.05) is 188 Å². The van der Waals surface area contributed by atoms with Crippen molar-refractivity contribution < 1.29 is 0 Å². The summed E-state index contributed by atoms with van der Waals surface area (Å²) in [4.78, 5) is 15.2. The molecule has 0 spiro atoms. The minimum absolute atomic E-state index is 0.128. The minimum Gasteiger partial charge on any atom is -0.208 e. The van der Waals surface area contributed by atoms with Gasteiger partial charge in [-0.3, -0.25) is 0 Å². The average Bonchev–Trinajstić information content (AvgIpc) is 4.15. The van der Waals surface area contributed by atoms with E-state index in [0.29, 0.717) is 23.4 Å². The van der Waals surface area contributed by atoms with Crippen molar-refractivity contribution in [3.8, 4) is 78.7 Å². The molecule has 0 saturated heterocycles. The van der Waals surface area contributed by atoms with E-state index in [0.717, 1.165) is 50.9 Å². The molecule has 296 valence electrons. The highest BCUT2D eigenvalue weighted by Crippen LogP contribution is 2.46. The highest BCUT2D eigenvalue weighted by molar-refractivity contribution is 5.93. The predicted octanol–water partition coefficient (Wildman–Crippen LogP) is 15.3. The second kappa shape index (κ2) is 17.1. The molecule has 0 amide bonds. The van der Waals surface area contributed by atoms with E-state index in [1.165, 1.54) is 39.0 Å². The van der Waals surface area contributed by atoms with Gasteiger partial charge in [0.25, 0.3) is 0 Å². The van der Waals surface area contributed by atoms with Gasteiger partial charge in [0.1, 0.15) is 0 Å². The fraction of sp³-hybridized carbons (Fsp3) is 0.0678. The first kappa shape index (κ1) is 38.5. The Morgan fingerprint density at radius 3 is 1.63 bits per heavy atom. The zero-order valence-corrected chi connectivity index (χ0v) is 34.7. The summed E-state index contributed by atoms with van der Waals surface area (Å²) in [5, 5.41) is 0. The van der Waals surface area contributed by atoms with Crippen molar-refractivity contribution >= 4 is 5.57 Å². The Morgan fingerprint density at radius 2 is 1.02 bits per heavy atom. The van der Waals surface area contributed by atoms with Crippen LogP contribution < -0.4 is 0 Å². The van der Waals surface area contributed by atoms with Crippen molar-refractivity contribution in [1.82, 2.24) is 15.0 Å². The summed E-state index contributed by atoms with van der Waals surface area (Å²) >= 11 is 0. The van der Waals surface area contributed by atoms with Gasteiger partial charge < -0.3 is 0 Å². The van der Waals surface area contributed by atoms with E-state index < -0.39 is 0 Å². The second-order valence-electron chi connectivity index (χ2n) is 15.9. The van der Waals surface area contributed by atoms with Crippen LogP contribution in [0.5, 0.6) is 0 Å². The number of hydrogen-bond donors (Lipinski definition) is 0. The van der Waals surface area contributed by atoms with Crippen molar-refractivity contribution in [3.05, 3.63) is 242 Å². The first-order chi connectivity index (χ1) is 30.6. The van der Waals surface area contributed by atoms with Gasteiger partial charge in [-0.15, -0.1) is 6.58 Å². The van der Waals surface area contributed by atoms with Crippen molar-refractivity contribution in [2.24, 2.45) is 5.92 Å². The summed E-state index contributed by atoms with van der Waals surface area (Å²) < 4.78 is 0. The van der Waals surface area contributed by atoms with Gasteiger partial charge in [0.05, 0.1) is 0 Å². The summed E-state index contributed by atoms with van der Waals surface area (Å²) in [7, 11) is 0. The SMILES string of the molecule is C=CC(C/C=C\C)c1cc(-c2cc(C3=CC=C[C@@H]4C=C34)cc(-c3ccccc3)c2)cc(-c2ccc(-c3nc(-c4ccccc4)nc(-c4ccccc4)n3)cc2-c2ccccc2)c1.